The number of nitrogens with zero attached hydrogens (tertiary/aromatic N) is 4. The lowest BCUT2D eigenvalue weighted by molar-refractivity contribution is 0.0683. The number of hydrogen-bond acceptors (Lipinski definition) is 7. The molecule has 7 nitrogen and oxygen atoms in total. The van der Waals surface area contributed by atoms with Gasteiger partial charge in [0.2, 0.25) is 0 Å². The predicted octanol–water partition coefficient (Wildman–Crippen LogP) is 4.12. The molecule has 0 aliphatic rings. The van der Waals surface area contributed by atoms with E-state index >= 15 is 0 Å². The highest BCUT2D eigenvalue weighted by Gasteiger charge is 2.14. The summed E-state index contributed by atoms with van der Waals surface area (Å²) in [6.07, 6.45) is 3.51. The zero-order chi connectivity index (χ0) is 19.2. The highest BCUT2D eigenvalue weighted by Crippen LogP contribution is 2.24. The van der Waals surface area contributed by atoms with Gasteiger partial charge in [0.25, 0.3) is 0 Å². The molecule has 4 aromatic heterocycles. The number of aromatic nitrogens is 4. The number of carboxylic acid groups (broad SMARTS) is 1. The van der Waals surface area contributed by atoms with Crippen LogP contribution in [-0.4, -0.2) is 30.8 Å². The molecule has 4 aromatic rings. The number of thiophene rings is 1. The van der Waals surface area contributed by atoms with Crippen LogP contribution in [0.3, 0.4) is 0 Å². The van der Waals surface area contributed by atoms with Crippen molar-refractivity contribution in [3.8, 4) is 21.8 Å². The maximum absolute atomic E-state index is 10.9. The Morgan fingerprint density at radius 2 is 2.11 bits per heavy atom. The molecule has 0 aliphatic carbocycles. The molecule has 9 heteroatoms. The van der Waals surface area contributed by atoms with Crippen LogP contribution in [-0.2, 0) is 6.54 Å². The minimum atomic E-state index is -0.938. The summed E-state index contributed by atoms with van der Waals surface area (Å²) >= 11 is 2.99. The van der Waals surface area contributed by atoms with E-state index in [1.54, 1.807) is 29.8 Å². The Kier molecular flexibility index (Phi) is 5.94. The van der Waals surface area contributed by atoms with Gasteiger partial charge in [-0.25, -0.2) is 9.78 Å². The van der Waals surface area contributed by atoms with Crippen LogP contribution in [0.4, 0.5) is 5.13 Å². The molecule has 0 unspecified atom stereocenters. The number of anilines is 1. The van der Waals surface area contributed by atoms with Gasteiger partial charge in [-0.2, -0.15) is 5.10 Å². The monoisotopic (exact) mass is 399 g/mol. The smallest absolute Gasteiger partial charge is 0.354 e. The van der Waals surface area contributed by atoms with Crippen molar-refractivity contribution >= 4 is 33.8 Å². The van der Waals surface area contributed by atoms with Gasteiger partial charge in [-0.3, -0.25) is 9.67 Å². The average molecular weight is 400 g/mol. The molecule has 138 valence electrons. The number of nitrogens with two attached hydrogens (primary N) is 1. The van der Waals surface area contributed by atoms with E-state index in [0.29, 0.717) is 11.7 Å². The Hall–Kier alpha value is -3.04. The van der Waals surface area contributed by atoms with E-state index in [4.69, 9.17) is 10.8 Å². The molecule has 0 saturated heterocycles. The van der Waals surface area contributed by atoms with Gasteiger partial charge in [-0.05, 0) is 36.6 Å². The summed E-state index contributed by atoms with van der Waals surface area (Å²) in [7, 11) is 0. The van der Waals surface area contributed by atoms with Crippen molar-refractivity contribution in [2.75, 3.05) is 5.73 Å². The number of hydrogen-bond donors (Lipinski definition) is 2. The lowest BCUT2D eigenvalue weighted by Crippen LogP contribution is -2.07. The second-order valence-electron chi connectivity index (χ2n) is 5.33. The summed E-state index contributed by atoms with van der Waals surface area (Å²) in [5.74, 6) is -0.938. The maximum atomic E-state index is 10.9. The SMILES string of the molecule is CCn1nc(-c2cccs2)cc1C(=O)O.Nc1nc(-c2cccnc2)cs1. The summed E-state index contributed by atoms with van der Waals surface area (Å²) in [6, 6.07) is 9.30. The van der Waals surface area contributed by atoms with E-state index in [-0.39, 0.29) is 5.69 Å². The molecule has 0 saturated carbocycles. The molecular weight excluding hydrogens is 382 g/mol. The Morgan fingerprint density at radius 3 is 2.63 bits per heavy atom. The quantitative estimate of drug-likeness (QED) is 0.535. The molecule has 0 aromatic carbocycles. The summed E-state index contributed by atoms with van der Waals surface area (Å²) in [5.41, 5.74) is 8.37. The zero-order valence-electron chi connectivity index (χ0n) is 14.4. The second kappa shape index (κ2) is 8.56. The second-order valence-corrected chi connectivity index (χ2v) is 7.16. The van der Waals surface area contributed by atoms with Crippen LogP contribution in [0.5, 0.6) is 0 Å². The summed E-state index contributed by atoms with van der Waals surface area (Å²) in [6.45, 7) is 2.44. The summed E-state index contributed by atoms with van der Waals surface area (Å²) in [4.78, 5) is 20.0. The molecular formula is C18H17N5O2S2. The molecule has 0 spiro atoms. The van der Waals surface area contributed by atoms with Crippen LogP contribution >= 0.6 is 22.7 Å². The first-order valence-electron chi connectivity index (χ1n) is 8.05. The molecule has 0 aliphatic heterocycles. The average Bonchev–Trinajstić information content (AvgIpc) is 3.42. The van der Waals surface area contributed by atoms with Crippen LogP contribution in [0, 0.1) is 0 Å². The Balaban J connectivity index is 0.000000159. The van der Waals surface area contributed by atoms with Gasteiger partial charge in [0.15, 0.2) is 5.13 Å². The van der Waals surface area contributed by atoms with Crippen molar-refractivity contribution in [2.24, 2.45) is 0 Å². The third kappa shape index (κ3) is 4.57. The number of carbonyl (C=O) groups is 1. The lowest BCUT2D eigenvalue weighted by atomic mass is 10.2. The number of rotatable bonds is 4. The van der Waals surface area contributed by atoms with Gasteiger partial charge >= 0.3 is 5.97 Å². The van der Waals surface area contributed by atoms with Gasteiger partial charge in [0.05, 0.1) is 10.6 Å². The first kappa shape index (κ1) is 18.7. The molecule has 0 radical (unpaired) electrons. The van der Waals surface area contributed by atoms with Crippen LogP contribution in [0.25, 0.3) is 21.8 Å². The number of carboxylic acids is 1. The van der Waals surface area contributed by atoms with Crippen LogP contribution in [0.1, 0.15) is 17.4 Å². The Labute approximate surface area is 163 Å². The van der Waals surface area contributed by atoms with E-state index in [9.17, 15) is 4.79 Å². The fourth-order valence-electron chi connectivity index (χ4n) is 2.31. The maximum Gasteiger partial charge on any atom is 0.354 e. The molecule has 4 heterocycles. The molecule has 4 rings (SSSR count). The fraction of sp³-hybridized carbons (Fsp3) is 0.111. The van der Waals surface area contributed by atoms with Gasteiger partial charge < -0.3 is 10.8 Å². The van der Waals surface area contributed by atoms with E-state index in [1.807, 2.05) is 41.9 Å². The highest BCUT2D eigenvalue weighted by molar-refractivity contribution is 7.14. The molecule has 0 bridgehead atoms. The molecule has 0 atom stereocenters. The van der Waals surface area contributed by atoms with Crippen molar-refractivity contribution in [3.63, 3.8) is 0 Å². The normalized spacial score (nSPS) is 10.3. The number of pyridine rings is 1. The third-order valence-electron chi connectivity index (χ3n) is 3.55. The summed E-state index contributed by atoms with van der Waals surface area (Å²) in [5, 5.41) is 17.6. The Morgan fingerprint density at radius 1 is 1.26 bits per heavy atom. The number of nitrogen functional groups attached to an aromatic ring is 1. The van der Waals surface area contributed by atoms with Crippen molar-refractivity contribution in [1.82, 2.24) is 19.7 Å². The lowest BCUT2D eigenvalue weighted by Gasteiger charge is -1.97. The van der Waals surface area contributed by atoms with Crippen LogP contribution < -0.4 is 5.73 Å². The predicted molar refractivity (Wildman–Crippen MR) is 108 cm³/mol. The fourth-order valence-corrected chi connectivity index (χ4v) is 3.56. The highest BCUT2D eigenvalue weighted by atomic mass is 32.1. The van der Waals surface area contributed by atoms with E-state index in [1.165, 1.54) is 16.0 Å². The van der Waals surface area contributed by atoms with Crippen molar-refractivity contribution in [1.29, 1.82) is 0 Å². The third-order valence-corrected chi connectivity index (χ3v) is 5.12. The largest absolute Gasteiger partial charge is 0.477 e. The number of aromatic carboxylic acids is 1. The number of aryl methyl sites for hydroxylation is 1. The van der Waals surface area contributed by atoms with Crippen molar-refractivity contribution < 1.29 is 9.90 Å². The van der Waals surface area contributed by atoms with Gasteiger partial charge in [-0.15, -0.1) is 22.7 Å². The molecule has 3 N–H and O–H groups in total. The van der Waals surface area contributed by atoms with Crippen LogP contribution in [0.15, 0.2) is 53.5 Å². The van der Waals surface area contributed by atoms with E-state index in [0.717, 1.165) is 21.8 Å². The molecule has 27 heavy (non-hydrogen) atoms. The van der Waals surface area contributed by atoms with E-state index in [2.05, 4.69) is 15.1 Å². The summed E-state index contributed by atoms with van der Waals surface area (Å²) < 4.78 is 1.50. The minimum absolute atomic E-state index is 0.237. The Bertz CT molecular complexity index is 1010. The minimum Gasteiger partial charge on any atom is -0.477 e. The van der Waals surface area contributed by atoms with Crippen molar-refractivity contribution in [3.05, 3.63) is 59.2 Å². The van der Waals surface area contributed by atoms with Gasteiger partial charge in [-0.1, -0.05) is 6.07 Å². The topological polar surface area (TPSA) is 107 Å². The first-order chi connectivity index (χ1) is 13.1. The van der Waals surface area contributed by atoms with Crippen LogP contribution in [0.2, 0.25) is 0 Å². The first-order valence-corrected chi connectivity index (χ1v) is 9.80. The van der Waals surface area contributed by atoms with Gasteiger partial charge in [0.1, 0.15) is 11.4 Å². The van der Waals surface area contributed by atoms with Crippen molar-refractivity contribution in [2.45, 2.75) is 13.5 Å². The standard InChI is InChI=1S/C10H10N2O2S.C8H7N3S/c1-2-12-8(10(13)14)6-7(11-12)9-4-3-5-15-9;9-8-11-7(5-12-8)6-2-1-3-10-4-6/h3-6H,2H2,1H3,(H,13,14);1-5H,(H2,9,11). The zero-order valence-corrected chi connectivity index (χ0v) is 16.1. The van der Waals surface area contributed by atoms with Gasteiger partial charge in [0, 0.05) is 29.9 Å². The number of thiazole rings is 1. The molecule has 0 fully saturated rings. The van der Waals surface area contributed by atoms with E-state index < -0.39 is 5.97 Å². The molecule has 0 amide bonds.